The fourth-order valence-corrected chi connectivity index (χ4v) is 1.81. The van der Waals surface area contributed by atoms with Gasteiger partial charge in [0.1, 0.15) is 11.6 Å². The molecular formula is C13H20FNO. The first-order chi connectivity index (χ1) is 7.56. The van der Waals surface area contributed by atoms with E-state index in [2.05, 4.69) is 6.92 Å². The Morgan fingerprint density at radius 1 is 1.38 bits per heavy atom. The van der Waals surface area contributed by atoms with Gasteiger partial charge in [-0.3, -0.25) is 0 Å². The molecule has 2 nitrogen and oxygen atoms in total. The number of benzene rings is 1. The lowest BCUT2D eigenvalue weighted by atomic mass is 9.98. The molecule has 0 amide bonds. The average molecular weight is 225 g/mol. The van der Waals surface area contributed by atoms with Crippen LogP contribution in [0.2, 0.25) is 0 Å². The summed E-state index contributed by atoms with van der Waals surface area (Å²) >= 11 is 0. The van der Waals surface area contributed by atoms with E-state index in [1.807, 2.05) is 0 Å². The maximum absolute atomic E-state index is 13.2. The van der Waals surface area contributed by atoms with Gasteiger partial charge >= 0.3 is 0 Å². The Morgan fingerprint density at radius 2 is 2.06 bits per heavy atom. The molecule has 90 valence electrons. The van der Waals surface area contributed by atoms with E-state index in [1.165, 1.54) is 12.1 Å². The second-order valence-corrected chi connectivity index (χ2v) is 4.26. The van der Waals surface area contributed by atoms with Crippen LogP contribution in [-0.4, -0.2) is 5.11 Å². The molecule has 0 saturated carbocycles. The van der Waals surface area contributed by atoms with Crippen molar-refractivity contribution in [2.75, 3.05) is 0 Å². The van der Waals surface area contributed by atoms with Gasteiger partial charge in [0.05, 0.1) is 0 Å². The number of halogens is 1. The fraction of sp³-hybridized carbons (Fsp3) is 0.538. The third-order valence-electron chi connectivity index (χ3n) is 2.81. The highest BCUT2D eigenvalue weighted by molar-refractivity contribution is 5.41. The molecule has 1 atom stereocenters. The molecule has 16 heavy (non-hydrogen) atoms. The second-order valence-electron chi connectivity index (χ2n) is 4.26. The molecule has 1 aromatic rings. The molecule has 0 aliphatic carbocycles. The lowest BCUT2D eigenvalue weighted by Gasteiger charge is -2.15. The van der Waals surface area contributed by atoms with E-state index in [9.17, 15) is 9.50 Å². The zero-order valence-electron chi connectivity index (χ0n) is 9.96. The van der Waals surface area contributed by atoms with E-state index in [-0.39, 0.29) is 17.6 Å². The molecular weight excluding hydrogens is 205 g/mol. The van der Waals surface area contributed by atoms with Gasteiger partial charge < -0.3 is 10.8 Å². The first-order valence-corrected chi connectivity index (χ1v) is 5.80. The van der Waals surface area contributed by atoms with Gasteiger partial charge in [0.15, 0.2) is 0 Å². The van der Waals surface area contributed by atoms with Gasteiger partial charge in [-0.2, -0.15) is 0 Å². The molecule has 0 fully saturated rings. The number of hydrogen-bond donors (Lipinski definition) is 2. The van der Waals surface area contributed by atoms with Crippen LogP contribution in [0.25, 0.3) is 0 Å². The topological polar surface area (TPSA) is 46.2 Å². The number of phenolic OH excluding ortho intramolecular Hbond substituents is 1. The number of aryl methyl sites for hydroxylation is 1. The Hall–Kier alpha value is -1.09. The van der Waals surface area contributed by atoms with Crippen LogP contribution in [0.4, 0.5) is 4.39 Å². The molecule has 0 aliphatic rings. The fourth-order valence-electron chi connectivity index (χ4n) is 1.81. The summed E-state index contributed by atoms with van der Waals surface area (Å²) in [6.45, 7) is 3.80. The molecule has 0 spiro atoms. The summed E-state index contributed by atoms with van der Waals surface area (Å²) in [5, 5.41) is 9.80. The van der Waals surface area contributed by atoms with Crippen LogP contribution in [0.1, 0.15) is 49.8 Å². The van der Waals surface area contributed by atoms with Crippen LogP contribution in [0, 0.1) is 12.7 Å². The Morgan fingerprint density at radius 3 is 2.69 bits per heavy atom. The zero-order valence-corrected chi connectivity index (χ0v) is 9.96. The molecule has 0 bridgehead atoms. The van der Waals surface area contributed by atoms with Crippen molar-refractivity contribution >= 4 is 0 Å². The van der Waals surface area contributed by atoms with Gasteiger partial charge in [-0.25, -0.2) is 4.39 Å². The Labute approximate surface area is 96.3 Å². The lowest BCUT2D eigenvalue weighted by Crippen LogP contribution is -2.11. The Bertz CT molecular complexity index is 352. The van der Waals surface area contributed by atoms with Gasteiger partial charge in [-0.15, -0.1) is 0 Å². The average Bonchev–Trinajstić information content (AvgIpc) is 2.23. The van der Waals surface area contributed by atoms with E-state index in [4.69, 9.17) is 5.73 Å². The van der Waals surface area contributed by atoms with Crippen LogP contribution in [0.5, 0.6) is 5.75 Å². The summed E-state index contributed by atoms with van der Waals surface area (Å²) in [4.78, 5) is 0. The number of unbranched alkanes of at least 4 members (excludes halogenated alkanes) is 2. The molecule has 0 aromatic heterocycles. The Kier molecular flexibility index (Phi) is 4.74. The third-order valence-corrected chi connectivity index (χ3v) is 2.81. The van der Waals surface area contributed by atoms with Crippen molar-refractivity contribution in [3.05, 3.63) is 29.1 Å². The van der Waals surface area contributed by atoms with Gasteiger partial charge in [0.25, 0.3) is 0 Å². The first-order valence-electron chi connectivity index (χ1n) is 5.80. The highest BCUT2D eigenvalue weighted by Crippen LogP contribution is 2.30. The van der Waals surface area contributed by atoms with Crippen molar-refractivity contribution in [3.8, 4) is 5.75 Å². The van der Waals surface area contributed by atoms with Crippen LogP contribution < -0.4 is 5.73 Å². The van der Waals surface area contributed by atoms with Crippen molar-refractivity contribution in [2.45, 2.75) is 45.6 Å². The summed E-state index contributed by atoms with van der Waals surface area (Å²) in [6, 6.07) is 2.37. The Balaban J connectivity index is 2.78. The molecule has 1 aromatic carbocycles. The normalized spacial score (nSPS) is 12.8. The van der Waals surface area contributed by atoms with E-state index >= 15 is 0 Å². The molecule has 3 heteroatoms. The second kappa shape index (κ2) is 5.85. The highest BCUT2D eigenvalue weighted by Gasteiger charge is 2.13. The predicted molar refractivity (Wildman–Crippen MR) is 63.9 cm³/mol. The molecule has 0 aliphatic heterocycles. The van der Waals surface area contributed by atoms with E-state index in [0.29, 0.717) is 11.1 Å². The van der Waals surface area contributed by atoms with Crippen LogP contribution >= 0.6 is 0 Å². The minimum atomic E-state index is -0.337. The van der Waals surface area contributed by atoms with Crippen molar-refractivity contribution in [1.82, 2.24) is 0 Å². The monoisotopic (exact) mass is 225 g/mol. The minimum Gasteiger partial charge on any atom is -0.507 e. The minimum absolute atomic E-state index is 0.130. The molecule has 0 saturated heterocycles. The SMILES string of the molecule is CCCCC[C@@H](N)c1cc(F)cc(C)c1O. The number of hydrogen-bond acceptors (Lipinski definition) is 2. The van der Waals surface area contributed by atoms with Crippen molar-refractivity contribution < 1.29 is 9.50 Å². The quantitative estimate of drug-likeness (QED) is 0.754. The molecule has 0 unspecified atom stereocenters. The van der Waals surface area contributed by atoms with Gasteiger partial charge in [-0.1, -0.05) is 26.2 Å². The number of aromatic hydroxyl groups is 1. The molecule has 0 heterocycles. The smallest absolute Gasteiger partial charge is 0.124 e. The molecule has 3 N–H and O–H groups in total. The van der Waals surface area contributed by atoms with E-state index in [1.54, 1.807) is 6.92 Å². The predicted octanol–water partition coefficient (Wildman–Crippen LogP) is 3.42. The lowest BCUT2D eigenvalue weighted by molar-refractivity contribution is 0.448. The standard InChI is InChI=1S/C13H20FNO/c1-3-4-5-6-12(15)11-8-10(14)7-9(2)13(11)16/h7-8,12,16H,3-6,15H2,1-2H3/t12-/m1/s1. The van der Waals surface area contributed by atoms with Crippen molar-refractivity contribution in [3.63, 3.8) is 0 Å². The van der Waals surface area contributed by atoms with Crippen molar-refractivity contribution in [1.29, 1.82) is 0 Å². The maximum atomic E-state index is 13.2. The van der Waals surface area contributed by atoms with Crippen LogP contribution in [0.3, 0.4) is 0 Å². The maximum Gasteiger partial charge on any atom is 0.124 e. The van der Waals surface area contributed by atoms with Gasteiger partial charge in [-0.05, 0) is 31.0 Å². The van der Waals surface area contributed by atoms with Crippen molar-refractivity contribution in [2.24, 2.45) is 5.73 Å². The number of phenols is 1. The summed E-state index contributed by atoms with van der Waals surface area (Å²) in [5.74, 6) is -0.207. The summed E-state index contributed by atoms with van der Waals surface area (Å²) in [6.07, 6.45) is 4.03. The van der Waals surface area contributed by atoms with Crippen LogP contribution in [0.15, 0.2) is 12.1 Å². The van der Waals surface area contributed by atoms with E-state index < -0.39 is 0 Å². The summed E-state index contributed by atoms with van der Waals surface area (Å²) < 4.78 is 13.2. The zero-order chi connectivity index (χ0) is 12.1. The number of rotatable bonds is 5. The summed E-state index contributed by atoms with van der Waals surface area (Å²) in [5.41, 5.74) is 7.01. The largest absolute Gasteiger partial charge is 0.507 e. The molecule has 1 rings (SSSR count). The third kappa shape index (κ3) is 3.20. The van der Waals surface area contributed by atoms with Gasteiger partial charge in [0, 0.05) is 11.6 Å². The number of nitrogens with two attached hydrogens (primary N) is 1. The summed E-state index contributed by atoms with van der Waals surface area (Å²) in [7, 11) is 0. The van der Waals surface area contributed by atoms with Crippen LogP contribution in [-0.2, 0) is 0 Å². The molecule has 0 radical (unpaired) electrons. The van der Waals surface area contributed by atoms with E-state index in [0.717, 1.165) is 25.7 Å². The highest BCUT2D eigenvalue weighted by atomic mass is 19.1. The van der Waals surface area contributed by atoms with Gasteiger partial charge in [0.2, 0.25) is 0 Å². The first kappa shape index (κ1) is 13.0.